The van der Waals surface area contributed by atoms with Gasteiger partial charge in [0.15, 0.2) is 11.5 Å². The number of benzene rings is 2. The van der Waals surface area contributed by atoms with Gasteiger partial charge in [0.2, 0.25) is 0 Å². The van der Waals surface area contributed by atoms with Crippen molar-refractivity contribution in [1.82, 2.24) is 9.97 Å². The first kappa shape index (κ1) is 17.8. The molecule has 0 saturated carbocycles. The zero-order chi connectivity index (χ0) is 19.3. The Kier molecular flexibility index (Phi) is 5.06. The third-order valence-corrected chi connectivity index (χ3v) is 4.60. The predicted octanol–water partition coefficient (Wildman–Crippen LogP) is 4.93. The van der Waals surface area contributed by atoms with Gasteiger partial charge in [-0.1, -0.05) is 24.3 Å². The molecule has 0 amide bonds. The largest absolute Gasteiger partial charge is 0.493 e. The van der Waals surface area contributed by atoms with Crippen molar-refractivity contribution in [3.63, 3.8) is 0 Å². The molecule has 2 aromatic carbocycles. The van der Waals surface area contributed by atoms with Gasteiger partial charge in [0.25, 0.3) is 0 Å². The topological polar surface area (TPSA) is 56.3 Å². The van der Waals surface area contributed by atoms with Crippen molar-refractivity contribution >= 4 is 16.6 Å². The maximum atomic E-state index is 5.40. The van der Waals surface area contributed by atoms with Crippen molar-refractivity contribution in [3.05, 3.63) is 78.8 Å². The summed E-state index contributed by atoms with van der Waals surface area (Å²) >= 11 is 0. The molecule has 5 nitrogen and oxygen atoms in total. The number of ether oxygens (including phenoxy) is 2. The summed E-state index contributed by atoms with van der Waals surface area (Å²) in [6.45, 7) is 0.675. The van der Waals surface area contributed by atoms with Gasteiger partial charge in [-0.05, 0) is 41.5 Å². The van der Waals surface area contributed by atoms with Crippen molar-refractivity contribution in [2.45, 2.75) is 6.54 Å². The van der Waals surface area contributed by atoms with Crippen molar-refractivity contribution in [2.75, 3.05) is 19.5 Å². The minimum Gasteiger partial charge on any atom is -0.493 e. The van der Waals surface area contributed by atoms with Crippen LogP contribution in [0.4, 0.5) is 5.69 Å². The maximum absolute atomic E-state index is 5.40. The zero-order valence-corrected chi connectivity index (χ0v) is 15.8. The first-order valence-electron chi connectivity index (χ1n) is 9.02. The molecule has 0 aliphatic carbocycles. The van der Waals surface area contributed by atoms with Gasteiger partial charge >= 0.3 is 0 Å². The average molecular weight is 371 g/mol. The fourth-order valence-corrected chi connectivity index (χ4v) is 3.13. The van der Waals surface area contributed by atoms with E-state index in [-0.39, 0.29) is 0 Å². The van der Waals surface area contributed by atoms with Crippen molar-refractivity contribution < 1.29 is 9.47 Å². The zero-order valence-electron chi connectivity index (χ0n) is 15.8. The highest BCUT2D eigenvalue weighted by atomic mass is 16.5. The van der Waals surface area contributed by atoms with Gasteiger partial charge in [-0.15, -0.1) is 0 Å². The summed E-state index contributed by atoms with van der Waals surface area (Å²) in [6, 6.07) is 18.2. The van der Waals surface area contributed by atoms with Crippen LogP contribution in [-0.2, 0) is 6.54 Å². The summed E-state index contributed by atoms with van der Waals surface area (Å²) < 4.78 is 10.7. The molecule has 0 fully saturated rings. The minimum absolute atomic E-state index is 0.675. The highest BCUT2D eigenvalue weighted by Gasteiger charge is 2.07. The van der Waals surface area contributed by atoms with E-state index in [1.807, 2.05) is 55.0 Å². The van der Waals surface area contributed by atoms with E-state index in [1.54, 1.807) is 14.2 Å². The predicted molar refractivity (Wildman–Crippen MR) is 112 cm³/mol. The van der Waals surface area contributed by atoms with Crippen LogP contribution in [0.2, 0.25) is 0 Å². The summed E-state index contributed by atoms with van der Waals surface area (Å²) in [5.41, 5.74) is 5.09. The number of anilines is 1. The highest BCUT2D eigenvalue weighted by Crippen LogP contribution is 2.32. The number of pyridine rings is 2. The Morgan fingerprint density at radius 2 is 1.68 bits per heavy atom. The molecule has 0 atom stereocenters. The van der Waals surface area contributed by atoms with Crippen LogP contribution < -0.4 is 14.8 Å². The fraction of sp³-hybridized carbons (Fsp3) is 0.130. The van der Waals surface area contributed by atoms with Crippen LogP contribution in [0, 0.1) is 0 Å². The molecule has 0 aliphatic rings. The molecule has 140 valence electrons. The Morgan fingerprint density at radius 1 is 0.821 bits per heavy atom. The quantitative estimate of drug-likeness (QED) is 0.521. The minimum atomic E-state index is 0.675. The van der Waals surface area contributed by atoms with Gasteiger partial charge < -0.3 is 14.8 Å². The van der Waals surface area contributed by atoms with Crippen LogP contribution in [0.5, 0.6) is 11.5 Å². The molecule has 0 bridgehead atoms. The van der Waals surface area contributed by atoms with E-state index in [4.69, 9.17) is 9.47 Å². The van der Waals surface area contributed by atoms with Crippen molar-refractivity contribution in [1.29, 1.82) is 0 Å². The molecule has 0 saturated heterocycles. The average Bonchev–Trinajstić information content (AvgIpc) is 2.77. The second kappa shape index (κ2) is 7.96. The van der Waals surface area contributed by atoms with Crippen LogP contribution in [-0.4, -0.2) is 24.2 Å². The Bertz CT molecular complexity index is 1110. The molecular formula is C23H21N3O2. The van der Waals surface area contributed by atoms with Crippen LogP contribution in [0.15, 0.2) is 73.2 Å². The normalized spacial score (nSPS) is 10.6. The molecule has 0 spiro atoms. The van der Waals surface area contributed by atoms with E-state index in [2.05, 4.69) is 33.5 Å². The van der Waals surface area contributed by atoms with Crippen LogP contribution in [0.3, 0.4) is 0 Å². The van der Waals surface area contributed by atoms with Gasteiger partial charge in [0.05, 0.1) is 25.4 Å². The standard InChI is InChI=1S/C23H21N3O2/c1-27-22-8-7-17(11-23(22)28-2)19-10-20(15-24-14-19)25-12-16-9-18-5-3-4-6-21(18)26-13-16/h3-11,13-15,25H,12H2,1-2H3. The van der Waals surface area contributed by atoms with Crippen molar-refractivity contribution in [3.8, 4) is 22.6 Å². The number of nitrogens with zero attached hydrogens (tertiary/aromatic N) is 2. The summed E-state index contributed by atoms with van der Waals surface area (Å²) in [5.74, 6) is 1.40. The van der Waals surface area contributed by atoms with Gasteiger partial charge in [0.1, 0.15) is 0 Å². The number of methoxy groups -OCH3 is 2. The first-order valence-corrected chi connectivity index (χ1v) is 9.02. The fourth-order valence-electron chi connectivity index (χ4n) is 3.13. The summed E-state index contributed by atoms with van der Waals surface area (Å²) in [6.07, 6.45) is 5.56. The molecule has 4 rings (SSSR count). The van der Waals surface area contributed by atoms with Crippen LogP contribution in [0.1, 0.15) is 5.56 Å². The third-order valence-electron chi connectivity index (χ3n) is 4.60. The van der Waals surface area contributed by atoms with E-state index in [9.17, 15) is 0 Å². The first-order chi connectivity index (χ1) is 13.8. The second-order valence-corrected chi connectivity index (χ2v) is 6.42. The van der Waals surface area contributed by atoms with E-state index >= 15 is 0 Å². The molecule has 0 unspecified atom stereocenters. The Balaban J connectivity index is 1.53. The maximum Gasteiger partial charge on any atom is 0.161 e. The second-order valence-electron chi connectivity index (χ2n) is 6.42. The number of rotatable bonds is 6. The Hall–Kier alpha value is -3.60. The number of aromatic nitrogens is 2. The molecule has 1 N–H and O–H groups in total. The van der Waals surface area contributed by atoms with E-state index < -0.39 is 0 Å². The number of para-hydroxylation sites is 1. The Labute approximate surface area is 164 Å². The summed E-state index contributed by atoms with van der Waals surface area (Å²) in [5, 5.41) is 4.57. The molecule has 2 aromatic heterocycles. The molecule has 0 aliphatic heterocycles. The lowest BCUT2D eigenvalue weighted by Gasteiger charge is -2.11. The lowest BCUT2D eigenvalue weighted by atomic mass is 10.1. The van der Waals surface area contributed by atoms with Gasteiger partial charge in [0, 0.05) is 36.1 Å². The molecule has 4 aromatic rings. The SMILES string of the molecule is COc1ccc(-c2cncc(NCc3cnc4ccccc4c3)c2)cc1OC. The number of hydrogen-bond acceptors (Lipinski definition) is 5. The lowest BCUT2D eigenvalue weighted by Crippen LogP contribution is -2.00. The number of nitrogens with one attached hydrogen (secondary N) is 1. The monoisotopic (exact) mass is 371 g/mol. The van der Waals surface area contributed by atoms with Gasteiger partial charge in [-0.25, -0.2) is 0 Å². The molecular weight excluding hydrogens is 350 g/mol. The highest BCUT2D eigenvalue weighted by molar-refractivity contribution is 5.78. The number of fused-ring (bicyclic) bond motifs is 1. The van der Waals surface area contributed by atoms with Crippen molar-refractivity contribution in [2.24, 2.45) is 0 Å². The van der Waals surface area contributed by atoms with E-state index in [0.717, 1.165) is 33.3 Å². The third kappa shape index (κ3) is 3.74. The summed E-state index contributed by atoms with van der Waals surface area (Å²) in [7, 11) is 3.26. The van der Waals surface area contributed by atoms with Crippen LogP contribution in [0.25, 0.3) is 22.0 Å². The Morgan fingerprint density at radius 3 is 2.54 bits per heavy atom. The molecule has 5 heteroatoms. The van der Waals surface area contributed by atoms with E-state index in [0.29, 0.717) is 18.0 Å². The molecule has 28 heavy (non-hydrogen) atoms. The lowest BCUT2D eigenvalue weighted by molar-refractivity contribution is 0.355. The number of hydrogen-bond donors (Lipinski definition) is 1. The van der Waals surface area contributed by atoms with Gasteiger partial charge in [-0.3, -0.25) is 9.97 Å². The van der Waals surface area contributed by atoms with Gasteiger partial charge in [-0.2, -0.15) is 0 Å². The molecule has 2 heterocycles. The van der Waals surface area contributed by atoms with Crippen LogP contribution >= 0.6 is 0 Å². The van der Waals surface area contributed by atoms with E-state index in [1.165, 1.54) is 0 Å². The summed E-state index contributed by atoms with van der Waals surface area (Å²) in [4.78, 5) is 8.88. The molecule has 0 radical (unpaired) electrons. The smallest absolute Gasteiger partial charge is 0.161 e.